The van der Waals surface area contributed by atoms with Crippen molar-refractivity contribution in [2.45, 2.75) is 18.3 Å². The van der Waals surface area contributed by atoms with Crippen LogP contribution in [0.4, 0.5) is 24.5 Å². The lowest BCUT2D eigenvalue weighted by atomic mass is 10.1. The first-order valence-corrected chi connectivity index (χ1v) is 9.79. The van der Waals surface area contributed by atoms with Crippen LogP contribution >= 0.6 is 11.8 Å². The number of hydrogen-bond donors (Lipinski definition) is 1. The minimum Gasteiger partial charge on any atom is -0.325 e. The molecule has 1 heterocycles. The number of anilines is 1. The van der Waals surface area contributed by atoms with E-state index in [9.17, 15) is 28.1 Å². The number of nitrogens with one attached hydrogen (secondary N) is 1. The normalized spacial score (nSPS) is 11.4. The van der Waals surface area contributed by atoms with Gasteiger partial charge in [-0.05, 0) is 13.0 Å². The van der Waals surface area contributed by atoms with Crippen LogP contribution in [-0.4, -0.2) is 31.3 Å². The Morgan fingerprint density at radius 3 is 2.48 bits per heavy atom. The minimum atomic E-state index is -4.87. The first kappa shape index (κ1) is 22.3. The molecule has 3 rings (SSSR count). The van der Waals surface area contributed by atoms with Crippen LogP contribution in [0.25, 0.3) is 11.4 Å². The van der Waals surface area contributed by atoms with Crippen molar-refractivity contribution >= 4 is 29.0 Å². The number of amides is 1. The molecule has 162 valence electrons. The summed E-state index contributed by atoms with van der Waals surface area (Å²) in [6.45, 7) is 1.95. The summed E-state index contributed by atoms with van der Waals surface area (Å²) in [7, 11) is 1.72. The first-order valence-electron chi connectivity index (χ1n) is 8.81. The number of carbonyl (C=O) groups is 1. The molecule has 1 N–H and O–H groups in total. The number of aryl methyl sites for hydroxylation is 1. The second kappa shape index (κ2) is 8.76. The summed E-state index contributed by atoms with van der Waals surface area (Å²) in [5.74, 6) is -0.365. The number of carbonyl (C=O) groups excluding carboxylic acids is 1. The van der Waals surface area contributed by atoms with Gasteiger partial charge in [-0.1, -0.05) is 41.6 Å². The number of halogens is 3. The van der Waals surface area contributed by atoms with E-state index in [-0.39, 0.29) is 5.75 Å². The number of thioether (sulfide) groups is 1. The van der Waals surface area contributed by atoms with E-state index >= 15 is 0 Å². The maximum atomic E-state index is 13.2. The highest BCUT2D eigenvalue weighted by molar-refractivity contribution is 7.99. The molecule has 31 heavy (non-hydrogen) atoms. The smallest absolute Gasteiger partial charge is 0.325 e. The third kappa shape index (κ3) is 5.20. The van der Waals surface area contributed by atoms with E-state index in [1.165, 1.54) is 0 Å². The maximum absolute atomic E-state index is 13.2. The average Bonchev–Trinajstić information content (AvgIpc) is 3.06. The second-order valence-corrected chi connectivity index (χ2v) is 7.50. The zero-order chi connectivity index (χ0) is 22.8. The Hall–Kier alpha value is -3.41. The summed E-state index contributed by atoms with van der Waals surface area (Å²) in [5, 5.41) is 21.4. The van der Waals surface area contributed by atoms with Crippen LogP contribution in [0.15, 0.2) is 47.6 Å². The van der Waals surface area contributed by atoms with Gasteiger partial charge in [0.25, 0.3) is 5.69 Å². The van der Waals surface area contributed by atoms with Gasteiger partial charge in [-0.25, -0.2) is 0 Å². The summed E-state index contributed by atoms with van der Waals surface area (Å²) in [4.78, 5) is 22.0. The van der Waals surface area contributed by atoms with Gasteiger partial charge in [-0.15, -0.1) is 10.2 Å². The molecule has 8 nitrogen and oxygen atoms in total. The highest BCUT2D eigenvalue weighted by Crippen LogP contribution is 2.37. The molecule has 0 unspecified atom stereocenters. The Labute approximate surface area is 178 Å². The molecule has 1 amide bonds. The van der Waals surface area contributed by atoms with Gasteiger partial charge in [-0.3, -0.25) is 14.9 Å². The third-order valence-electron chi connectivity index (χ3n) is 4.27. The van der Waals surface area contributed by atoms with Crippen molar-refractivity contribution in [1.82, 2.24) is 14.8 Å². The van der Waals surface area contributed by atoms with Crippen molar-refractivity contribution < 1.29 is 22.9 Å². The van der Waals surface area contributed by atoms with E-state index in [1.807, 2.05) is 31.2 Å². The van der Waals surface area contributed by atoms with E-state index in [1.54, 1.807) is 11.6 Å². The minimum absolute atomic E-state index is 0.228. The molecular weight excluding hydrogens is 435 g/mol. The molecule has 1 aromatic heterocycles. The van der Waals surface area contributed by atoms with Crippen LogP contribution in [-0.2, 0) is 18.0 Å². The molecule has 12 heteroatoms. The lowest BCUT2D eigenvalue weighted by Crippen LogP contribution is -2.18. The molecule has 0 aliphatic carbocycles. The van der Waals surface area contributed by atoms with Gasteiger partial charge >= 0.3 is 6.18 Å². The van der Waals surface area contributed by atoms with Gasteiger partial charge < -0.3 is 9.88 Å². The molecule has 0 bridgehead atoms. The fourth-order valence-electron chi connectivity index (χ4n) is 2.70. The van der Waals surface area contributed by atoms with Gasteiger partial charge in [0.15, 0.2) is 11.0 Å². The van der Waals surface area contributed by atoms with Crippen molar-refractivity contribution in [3.63, 3.8) is 0 Å². The second-order valence-electron chi connectivity index (χ2n) is 6.55. The van der Waals surface area contributed by atoms with E-state index in [4.69, 9.17) is 0 Å². The standard InChI is InChI=1S/C19H16F3N5O3S/c1-11-3-5-12(6-4-11)17-24-25-18(26(17)2)31-10-16(28)23-15-8-7-13(27(29)30)9-14(15)19(20,21)22/h3-9H,10H2,1-2H3,(H,23,28). The summed E-state index contributed by atoms with van der Waals surface area (Å²) >= 11 is 1.00. The molecule has 3 aromatic rings. The van der Waals surface area contributed by atoms with Crippen LogP contribution in [0, 0.1) is 17.0 Å². The number of alkyl halides is 3. The maximum Gasteiger partial charge on any atom is 0.418 e. The summed E-state index contributed by atoms with van der Waals surface area (Å²) in [5.41, 5.74) is -0.649. The van der Waals surface area contributed by atoms with Crippen LogP contribution in [0.1, 0.15) is 11.1 Å². The Balaban J connectivity index is 1.71. The van der Waals surface area contributed by atoms with Gasteiger partial charge in [0.1, 0.15) is 0 Å². The molecule has 0 saturated heterocycles. The van der Waals surface area contributed by atoms with Crippen molar-refractivity contribution in [2.24, 2.45) is 7.05 Å². The SMILES string of the molecule is Cc1ccc(-c2nnc(SCC(=O)Nc3ccc([N+](=O)[O-])cc3C(F)(F)F)n2C)cc1. The van der Waals surface area contributed by atoms with Crippen molar-refractivity contribution in [3.05, 3.63) is 63.7 Å². The quantitative estimate of drug-likeness (QED) is 0.338. The number of nitro benzene ring substituents is 1. The summed E-state index contributed by atoms with van der Waals surface area (Å²) < 4.78 is 41.4. The molecular formula is C19H16F3N5O3S. The predicted octanol–water partition coefficient (Wildman–Crippen LogP) is 4.45. The highest BCUT2D eigenvalue weighted by Gasteiger charge is 2.35. The number of aromatic nitrogens is 3. The topological polar surface area (TPSA) is 103 Å². The van der Waals surface area contributed by atoms with Gasteiger partial charge in [-0.2, -0.15) is 13.2 Å². The van der Waals surface area contributed by atoms with Crippen LogP contribution < -0.4 is 5.32 Å². The van der Waals surface area contributed by atoms with Gasteiger partial charge in [0, 0.05) is 24.7 Å². The van der Waals surface area contributed by atoms with Crippen LogP contribution in [0.5, 0.6) is 0 Å². The van der Waals surface area contributed by atoms with Crippen molar-refractivity contribution in [2.75, 3.05) is 11.1 Å². The zero-order valence-corrected chi connectivity index (χ0v) is 17.1. The lowest BCUT2D eigenvalue weighted by Gasteiger charge is -2.13. The zero-order valence-electron chi connectivity index (χ0n) is 16.3. The van der Waals surface area contributed by atoms with Crippen LogP contribution in [0.3, 0.4) is 0 Å². The number of benzene rings is 2. The monoisotopic (exact) mass is 451 g/mol. The Morgan fingerprint density at radius 1 is 1.19 bits per heavy atom. The fraction of sp³-hybridized carbons (Fsp3) is 0.211. The summed E-state index contributed by atoms with van der Waals surface area (Å²) in [6.07, 6.45) is -4.87. The number of rotatable bonds is 6. The Kier molecular flexibility index (Phi) is 6.29. The molecule has 0 atom stereocenters. The Morgan fingerprint density at radius 2 is 1.87 bits per heavy atom. The number of nitrogens with zero attached hydrogens (tertiary/aromatic N) is 4. The van der Waals surface area contributed by atoms with E-state index in [0.717, 1.165) is 35.0 Å². The van der Waals surface area contributed by atoms with E-state index < -0.39 is 33.9 Å². The average molecular weight is 451 g/mol. The van der Waals surface area contributed by atoms with E-state index in [0.29, 0.717) is 17.0 Å². The highest BCUT2D eigenvalue weighted by atomic mass is 32.2. The van der Waals surface area contributed by atoms with Gasteiger partial charge in [0.2, 0.25) is 5.91 Å². The molecule has 0 spiro atoms. The molecule has 0 saturated carbocycles. The molecule has 0 aliphatic heterocycles. The van der Waals surface area contributed by atoms with Gasteiger partial charge in [0.05, 0.1) is 21.9 Å². The summed E-state index contributed by atoms with van der Waals surface area (Å²) in [6, 6.07) is 9.76. The molecule has 0 radical (unpaired) electrons. The predicted molar refractivity (Wildman–Crippen MR) is 109 cm³/mol. The van der Waals surface area contributed by atoms with Crippen LogP contribution in [0.2, 0.25) is 0 Å². The number of hydrogen-bond acceptors (Lipinski definition) is 6. The molecule has 2 aromatic carbocycles. The number of non-ortho nitro benzene ring substituents is 1. The van der Waals surface area contributed by atoms with E-state index in [2.05, 4.69) is 15.5 Å². The largest absolute Gasteiger partial charge is 0.418 e. The molecule has 0 aliphatic rings. The van der Waals surface area contributed by atoms with Crippen molar-refractivity contribution in [3.8, 4) is 11.4 Å². The third-order valence-corrected chi connectivity index (χ3v) is 5.29. The first-order chi connectivity index (χ1) is 14.6. The van der Waals surface area contributed by atoms with Crippen molar-refractivity contribution in [1.29, 1.82) is 0 Å². The number of nitro groups is 1. The molecule has 0 fully saturated rings. The lowest BCUT2D eigenvalue weighted by molar-refractivity contribution is -0.385. The fourth-order valence-corrected chi connectivity index (χ4v) is 3.41. The Bertz CT molecular complexity index is 1130.